The van der Waals surface area contributed by atoms with Crippen molar-refractivity contribution in [2.75, 3.05) is 0 Å². The highest BCUT2D eigenvalue weighted by molar-refractivity contribution is 9.11. The van der Waals surface area contributed by atoms with E-state index in [9.17, 15) is 9.90 Å². The first-order valence-electron chi connectivity index (χ1n) is 4.71. The summed E-state index contributed by atoms with van der Waals surface area (Å²) in [5.74, 6) is -0.894. The number of aliphatic carboxylic acids is 1. The van der Waals surface area contributed by atoms with E-state index in [0.29, 0.717) is 5.89 Å². The van der Waals surface area contributed by atoms with E-state index in [1.54, 1.807) is 13.0 Å². The summed E-state index contributed by atoms with van der Waals surface area (Å²) in [6, 6.07) is 3.64. The van der Waals surface area contributed by atoms with E-state index in [1.165, 1.54) is 17.4 Å². The van der Waals surface area contributed by atoms with E-state index in [2.05, 4.69) is 26.1 Å². The van der Waals surface area contributed by atoms with Gasteiger partial charge in [-0.15, -0.1) is 21.5 Å². The molecule has 0 unspecified atom stereocenters. The number of carbonyl (C=O) groups excluding carboxylic acids is 1. The summed E-state index contributed by atoms with van der Waals surface area (Å²) in [6.07, 6.45) is 1.51. The summed E-state index contributed by atoms with van der Waals surface area (Å²) >= 11 is 5.60. The number of aromatic nitrogens is 2. The molecule has 0 spiro atoms. The smallest absolute Gasteiger partial charge is 0.281 e. The van der Waals surface area contributed by atoms with Crippen LogP contribution in [-0.4, -0.2) is 16.2 Å². The molecule has 0 saturated carbocycles. The highest BCUT2D eigenvalue weighted by atomic mass is 79.9. The van der Waals surface area contributed by atoms with Gasteiger partial charge in [-0.2, -0.15) is 0 Å². The fourth-order valence-corrected chi connectivity index (χ4v) is 3.22. The van der Waals surface area contributed by atoms with Crippen molar-refractivity contribution >= 4 is 51.1 Å². The molecule has 2 rings (SSSR count). The van der Waals surface area contributed by atoms with Crippen LogP contribution in [0.25, 0.3) is 6.08 Å². The molecule has 5 nitrogen and oxygen atoms in total. The van der Waals surface area contributed by atoms with Crippen LogP contribution >= 0.6 is 39.0 Å². The van der Waals surface area contributed by atoms with E-state index < -0.39 is 5.97 Å². The second kappa shape index (κ2) is 5.68. The minimum atomic E-state index is -1.28. The van der Waals surface area contributed by atoms with Crippen molar-refractivity contribution in [3.05, 3.63) is 31.6 Å². The number of rotatable bonds is 4. The van der Waals surface area contributed by atoms with Crippen molar-refractivity contribution in [2.24, 2.45) is 0 Å². The molecule has 0 aliphatic carbocycles. The van der Waals surface area contributed by atoms with Gasteiger partial charge in [-0.1, -0.05) is 0 Å². The molecule has 0 aliphatic heterocycles. The van der Waals surface area contributed by atoms with Gasteiger partial charge in [0.15, 0.2) is 0 Å². The number of halogens is 1. The molecule has 8 heteroatoms. The number of hydrogen-bond donors (Lipinski definition) is 0. The second-order valence-corrected chi connectivity index (χ2v) is 6.61. The molecule has 18 heavy (non-hydrogen) atoms. The Kier molecular flexibility index (Phi) is 4.20. The summed E-state index contributed by atoms with van der Waals surface area (Å²) in [4.78, 5) is 11.8. The molecule has 2 aromatic rings. The molecule has 0 bridgehead atoms. The van der Waals surface area contributed by atoms with Crippen molar-refractivity contribution in [3.8, 4) is 0 Å². The molecule has 0 fully saturated rings. The maximum atomic E-state index is 11.0. The lowest BCUT2D eigenvalue weighted by Gasteiger charge is -2.03. The third-order valence-electron chi connectivity index (χ3n) is 1.77. The number of nitrogens with zero attached hydrogens (tertiary/aromatic N) is 2. The molecule has 2 heterocycles. The van der Waals surface area contributed by atoms with Gasteiger partial charge in [0.05, 0.1) is 9.76 Å². The third-order valence-corrected chi connectivity index (χ3v) is 4.19. The monoisotopic (exact) mass is 345 g/mol. The molecule has 0 saturated heterocycles. The van der Waals surface area contributed by atoms with E-state index in [4.69, 9.17) is 4.42 Å². The van der Waals surface area contributed by atoms with E-state index in [1.807, 2.05) is 6.07 Å². The molecule has 0 amide bonds. The van der Waals surface area contributed by atoms with Crippen LogP contribution in [0.1, 0.15) is 10.8 Å². The molecular weight excluding hydrogens is 340 g/mol. The zero-order chi connectivity index (χ0) is 13.1. The van der Waals surface area contributed by atoms with Gasteiger partial charge in [-0.05, 0) is 45.9 Å². The van der Waals surface area contributed by atoms with E-state index >= 15 is 0 Å². The van der Waals surface area contributed by atoms with Gasteiger partial charge >= 0.3 is 0 Å². The fraction of sp³-hybridized carbons (Fsp3) is 0.100. The van der Waals surface area contributed by atoms with Crippen molar-refractivity contribution in [2.45, 2.75) is 12.1 Å². The summed E-state index contributed by atoms with van der Waals surface area (Å²) < 4.78 is 6.03. The number of thioether (sulfide) groups is 1. The topological polar surface area (TPSA) is 79.0 Å². The Labute approximate surface area is 119 Å². The van der Waals surface area contributed by atoms with Gasteiger partial charge in [0, 0.05) is 16.7 Å². The van der Waals surface area contributed by atoms with Crippen LogP contribution in [0.5, 0.6) is 0 Å². The SMILES string of the molecule is Cc1nnc(S/C(=C\c2ccc(Br)s2)C(=O)[O-])o1. The molecule has 94 valence electrons. The average molecular weight is 346 g/mol. The van der Waals surface area contributed by atoms with Crippen LogP contribution < -0.4 is 5.11 Å². The predicted octanol–water partition coefficient (Wildman–Crippen LogP) is 2.09. The van der Waals surface area contributed by atoms with Gasteiger partial charge in [-0.25, -0.2) is 0 Å². The molecule has 0 radical (unpaired) electrons. The van der Waals surface area contributed by atoms with Crippen LogP contribution in [0.3, 0.4) is 0 Å². The lowest BCUT2D eigenvalue weighted by molar-refractivity contribution is -0.298. The van der Waals surface area contributed by atoms with Gasteiger partial charge in [0.2, 0.25) is 5.89 Å². The maximum absolute atomic E-state index is 11.0. The predicted molar refractivity (Wildman–Crippen MR) is 69.9 cm³/mol. The zero-order valence-corrected chi connectivity index (χ0v) is 12.3. The number of aryl methyl sites for hydroxylation is 1. The third kappa shape index (κ3) is 3.44. The van der Waals surface area contributed by atoms with Gasteiger partial charge < -0.3 is 14.3 Å². The van der Waals surface area contributed by atoms with E-state index in [-0.39, 0.29) is 10.1 Å². The van der Waals surface area contributed by atoms with Crippen molar-refractivity contribution < 1.29 is 14.3 Å². The van der Waals surface area contributed by atoms with Crippen LogP contribution in [-0.2, 0) is 4.79 Å². The Hall–Kier alpha value is -1.12. The molecule has 0 atom stereocenters. The van der Waals surface area contributed by atoms with Crippen molar-refractivity contribution in [1.82, 2.24) is 10.2 Å². The average Bonchev–Trinajstić information content (AvgIpc) is 2.87. The lowest BCUT2D eigenvalue weighted by atomic mass is 10.4. The Morgan fingerprint density at radius 2 is 2.33 bits per heavy atom. The Balaban J connectivity index is 2.23. The van der Waals surface area contributed by atoms with Gasteiger partial charge in [-0.3, -0.25) is 0 Å². The Bertz CT molecular complexity index is 606. The zero-order valence-electron chi connectivity index (χ0n) is 9.05. The minimum absolute atomic E-state index is 0.0213. The van der Waals surface area contributed by atoms with Gasteiger partial charge in [0.25, 0.3) is 5.22 Å². The first kappa shape index (κ1) is 13.3. The summed E-state index contributed by atoms with van der Waals surface area (Å²) in [5.41, 5.74) is 0. The molecule has 0 aliphatic rings. The Morgan fingerprint density at radius 1 is 1.56 bits per heavy atom. The first-order valence-corrected chi connectivity index (χ1v) is 7.13. The summed E-state index contributed by atoms with van der Waals surface area (Å²) in [6.45, 7) is 1.63. The lowest BCUT2D eigenvalue weighted by Crippen LogP contribution is -2.22. The van der Waals surface area contributed by atoms with Crippen molar-refractivity contribution in [1.29, 1.82) is 0 Å². The molecule has 0 aromatic carbocycles. The highest BCUT2D eigenvalue weighted by Crippen LogP contribution is 2.30. The minimum Gasteiger partial charge on any atom is -0.544 e. The number of carbonyl (C=O) groups is 1. The first-order chi connectivity index (χ1) is 8.54. The maximum Gasteiger partial charge on any atom is 0.281 e. The quantitative estimate of drug-likeness (QED) is 0.623. The Morgan fingerprint density at radius 3 is 2.83 bits per heavy atom. The van der Waals surface area contributed by atoms with Crippen molar-refractivity contribution in [3.63, 3.8) is 0 Å². The second-order valence-electron chi connectivity index (χ2n) is 3.13. The van der Waals surface area contributed by atoms with Gasteiger partial charge in [0.1, 0.15) is 0 Å². The van der Waals surface area contributed by atoms with Crippen LogP contribution in [0, 0.1) is 6.92 Å². The molecule has 0 N–H and O–H groups in total. The number of hydrogen-bond acceptors (Lipinski definition) is 7. The highest BCUT2D eigenvalue weighted by Gasteiger charge is 2.09. The number of thiophene rings is 1. The van der Waals surface area contributed by atoms with Crippen LogP contribution in [0.15, 0.2) is 30.5 Å². The number of carboxylic acid groups (broad SMARTS) is 1. The number of carboxylic acids is 1. The largest absolute Gasteiger partial charge is 0.544 e. The summed E-state index contributed by atoms with van der Waals surface area (Å²) in [7, 11) is 0. The normalized spacial score (nSPS) is 11.8. The van der Waals surface area contributed by atoms with Crippen LogP contribution in [0.2, 0.25) is 0 Å². The fourth-order valence-electron chi connectivity index (χ4n) is 1.08. The molecular formula is C10H6BrN2O3S2-. The summed E-state index contributed by atoms with van der Waals surface area (Å²) in [5, 5.41) is 18.6. The molecule has 2 aromatic heterocycles. The standard InChI is InChI=1S/C10H7BrN2O3S2/c1-5-12-13-10(16-5)18-7(9(14)15)4-6-2-3-8(11)17-6/h2-4H,1H3,(H,14,15)/p-1/b7-4-. The van der Waals surface area contributed by atoms with E-state index in [0.717, 1.165) is 20.4 Å². The van der Waals surface area contributed by atoms with Crippen LogP contribution in [0.4, 0.5) is 0 Å².